The quantitative estimate of drug-likeness (QED) is 0.667. The molecule has 0 atom stereocenters. The van der Waals surface area contributed by atoms with Gasteiger partial charge in [0.2, 0.25) is 0 Å². The van der Waals surface area contributed by atoms with Crippen LogP contribution >= 0.6 is 0 Å². The standard InChI is InChI=1S/C14H20N2O4S/c1-14(8-3-4-9-14)10-15-11-6-5-7-12(21(2,19)20)13(11)16(17)18/h5-7,15H,3-4,8-10H2,1-2H3. The number of rotatable bonds is 5. The molecule has 1 N–H and O–H groups in total. The first kappa shape index (κ1) is 15.8. The van der Waals surface area contributed by atoms with Crippen LogP contribution in [0, 0.1) is 15.5 Å². The summed E-state index contributed by atoms with van der Waals surface area (Å²) in [5.41, 5.74) is 0.0345. The zero-order valence-electron chi connectivity index (χ0n) is 12.3. The van der Waals surface area contributed by atoms with Gasteiger partial charge in [0, 0.05) is 12.8 Å². The first-order valence-electron chi connectivity index (χ1n) is 6.94. The van der Waals surface area contributed by atoms with Crippen LogP contribution in [0.3, 0.4) is 0 Å². The van der Waals surface area contributed by atoms with E-state index in [1.807, 2.05) is 0 Å². The van der Waals surface area contributed by atoms with E-state index in [0.717, 1.165) is 19.1 Å². The van der Waals surface area contributed by atoms with Crippen molar-refractivity contribution in [2.45, 2.75) is 37.5 Å². The molecule has 6 nitrogen and oxygen atoms in total. The molecule has 0 saturated heterocycles. The predicted octanol–water partition coefficient (Wildman–Crippen LogP) is 2.99. The van der Waals surface area contributed by atoms with Crippen molar-refractivity contribution >= 4 is 21.2 Å². The van der Waals surface area contributed by atoms with Gasteiger partial charge in [-0.05, 0) is 30.4 Å². The predicted molar refractivity (Wildman–Crippen MR) is 81.3 cm³/mol. The van der Waals surface area contributed by atoms with Gasteiger partial charge in [-0.15, -0.1) is 0 Å². The Bertz CT molecular complexity index is 649. The molecule has 1 fully saturated rings. The first-order chi connectivity index (χ1) is 9.73. The van der Waals surface area contributed by atoms with Crippen molar-refractivity contribution in [1.82, 2.24) is 0 Å². The lowest BCUT2D eigenvalue weighted by atomic mass is 9.89. The summed E-state index contributed by atoms with van der Waals surface area (Å²) < 4.78 is 23.4. The molecule has 1 aromatic carbocycles. The summed E-state index contributed by atoms with van der Waals surface area (Å²) >= 11 is 0. The molecule has 21 heavy (non-hydrogen) atoms. The Hall–Kier alpha value is -1.63. The molecule has 0 aromatic heterocycles. The molecule has 0 aliphatic heterocycles. The smallest absolute Gasteiger partial charge is 0.310 e. The molecule has 7 heteroatoms. The van der Waals surface area contributed by atoms with E-state index in [1.165, 1.54) is 25.0 Å². The molecule has 0 bridgehead atoms. The minimum absolute atomic E-state index is 0.120. The summed E-state index contributed by atoms with van der Waals surface area (Å²) in [4.78, 5) is 10.4. The third-order valence-corrected chi connectivity index (χ3v) is 5.23. The van der Waals surface area contributed by atoms with Crippen molar-refractivity contribution in [3.05, 3.63) is 28.3 Å². The molecule has 0 heterocycles. The van der Waals surface area contributed by atoms with Crippen LogP contribution in [0.1, 0.15) is 32.6 Å². The van der Waals surface area contributed by atoms with Crippen LogP contribution in [0.4, 0.5) is 11.4 Å². The summed E-state index contributed by atoms with van der Waals surface area (Å²) in [5, 5.41) is 14.3. The first-order valence-corrected chi connectivity index (χ1v) is 8.83. The lowest BCUT2D eigenvalue weighted by Gasteiger charge is -2.24. The van der Waals surface area contributed by atoms with Gasteiger partial charge >= 0.3 is 5.69 Å². The highest BCUT2D eigenvalue weighted by Crippen LogP contribution is 2.39. The highest BCUT2D eigenvalue weighted by Gasteiger charge is 2.31. The Labute approximate surface area is 124 Å². The molecule has 0 unspecified atom stereocenters. The van der Waals surface area contributed by atoms with Gasteiger partial charge in [0.15, 0.2) is 9.84 Å². The number of nitro benzene ring substituents is 1. The van der Waals surface area contributed by atoms with E-state index < -0.39 is 14.8 Å². The van der Waals surface area contributed by atoms with Crippen molar-refractivity contribution in [1.29, 1.82) is 0 Å². The Balaban J connectivity index is 2.33. The highest BCUT2D eigenvalue weighted by molar-refractivity contribution is 7.90. The number of benzene rings is 1. The number of sulfone groups is 1. The monoisotopic (exact) mass is 312 g/mol. The largest absolute Gasteiger partial charge is 0.379 e. The van der Waals surface area contributed by atoms with Crippen LogP contribution in [0.5, 0.6) is 0 Å². The van der Waals surface area contributed by atoms with Crippen LogP contribution in [-0.2, 0) is 9.84 Å². The minimum Gasteiger partial charge on any atom is -0.379 e. The SMILES string of the molecule is CC1(CNc2cccc(S(C)(=O)=O)c2[N+](=O)[O-])CCCC1. The van der Waals surface area contributed by atoms with Gasteiger partial charge in [-0.2, -0.15) is 0 Å². The molecule has 0 spiro atoms. The van der Waals surface area contributed by atoms with Gasteiger partial charge in [-0.25, -0.2) is 8.42 Å². The van der Waals surface area contributed by atoms with Gasteiger partial charge in [0.1, 0.15) is 10.6 Å². The number of para-hydroxylation sites is 1. The Kier molecular flexibility index (Phi) is 4.22. The molecule has 116 valence electrons. The fourth-order valence-corrected chi connectivity index (χ4v) is 3.73. The lowest BCUT2D eigenvalue weighted by molar-refractivity contribution is -0.386. The Morgan fingerprint density at radius 3 is 2.48 bits per heavy atom. The summed E-state index contributed by atoms with van der Waals surface area (Å²) in [5.74, 6) is 0. The van der Waals surface area contributed by atoms with Crippen molar-refractivity contribution in [2.24, 2.45) is 5.41 Å². The van der Waals surface area contributed by atoms with E-state index in [0.29, 0.717) is 6.54 Å². The third-order valence-electron chi connectivity index (χ3n) is 4.10. The zero-order valence-corrected chi connectivity index (χ0v) is 13.1. The maximum atomic E-state index is 11.7. The van der Waals surface area contributed by atoms with Crippen LogP contribution < -0.4 is 5.32 Å². The van der Waals surface area contributed by atoms with Gasteiger partial charge in [0.25, 0.3) is 0 Å². The van der Waals surface area contributed by atoms with Gasteiger partial charge in [-0.1, -0.05) is 25.8 Å². The van der Waals surface area contributed by atoms with Crippen LogP contribution in [-0.4, -0.2) is 26.1 Å². The molecule has 1 saturated carbocycles. The van der Waals surface area contributed by atoms with Crippen molar-refractivity contribution in [3.63, 3.8) is 0 Å². The number of hydrogen-bond donors (Lipinski definition) is 1. The van der Waals surface area contributed by atoms with E-state index in [2.05, 4.69) is 12.2 Å². The lowest BCUT2D eigenvalue weighted by Crippen LogP contribution is -2.23. The Morgan fingerprint density at radius 2 is 1.95 bits per heavy atom. The number of nitrogens with zero attached hydrogens (tertiary/aromatic N) is 1. The topological polar surface area (TPSA) is 89.3 Å². The van der Waals surface area contributed by atoms with Gasteiger partial charge in [0.05, 0.1) is 4.92 Å². The summed E-state index contributed by atoms with van der Waals surface area (Å²) in [6.45, 7) is 2.76. The van der Waals surface area contributed by atoms with Crippen LogP contribution in [0.25, 0.3) is 0 Å². The van der Waals surface area contributed by atoms with E-state index in [9.17, 15) is 18.5 Å². The van der Waals surface area contributed by atoms with E-state index in [-0.39, 0.29) is 21.7 Å². The second-order valence-electron chi connectivity index (χ2n) is 6.05. The number of nitro groups is 1. The second kappa shape index (κ2) is 5.63. The van der Waals surface area contributed by atoms with E-state index >= 15 is 0 Å². The van der Waals surface area contributed by atoms with Crippen LogP contribution in [0.15, 0.2) is 23.1 Å². The minimum atomic E-state index is -3.64. The van der Waals surface area contributed by atoms with Crippen LogP contribution in [0.2, 0.25) is 0 Å². The number of hydrogen-bond acceptors (Lipinski definition) is 5. The fourth-order valence-electron chi connectivity index (χ4n) is 2.87. The van der Waals surface area contributed by atoms with Gasteiger partial charge < -0.3 is 5.32 Å². The maximum absolute atomic E-state index is 11.7. The second-order valence-corrected chi connectivity index (χ2v) is 8.04. The molecule has 1 aliphatic carbocycles. The fraction of sp³-hybridized carbons (Fsp3) is 0.571. The van der Waals surface area contributed by atoms with Crippen molar-refractivity contribution in [2.75, 3.05) is 18.1 Å². The zero-order chi connectivity index (χ0) is 15.7. The van der Waals surface area contributed by atoms with Crippen molar-refractivity contribution in [3.8, 4) is 0 Å². The summed E-state index contributed by atoms with van der Waals surface area (Å²) in [7, 11) is -3.64. The van der Waals surface area contributed by atoms with Gasteiger partial charge in [-0.3, -0.25) is 10.1 Å². The molecule has 1 aliphatic rings. The highest BCUT2D eigenvalue weighted by atomic mass is 32.2. The van der Waals surface area contributed by atoms with E-state index in [4.69, 9.17) is 0 Å². The third kappa shape index (κ3) is 3.53. The molecule has 0 radical (unpaired) electrons. The number of anilines is 1. The number of nitrogens with one attached hydrogen (secondary N) is 1. The molecule has 2 rings (SSSR count). The van der Waals surface area contributed by atoms with E-state index in [1.54, 1.807) is 6.07 Å². The summed E-state index contributed by atoms with van der Waals surface area (Å²) in [6, 6.07) is 4.36. The average Bonchev–Trinajstić information content (AvgIpc) is 2.82. The molecular weight excluding hydrogens is 292 g/mol. The molecule has 0 amide bonds. The average molecular weight is 312 g/mol. The summed E-state index contributed by atoms with van der Waals surface area (Å²) in [6.07, 6.45) is 5.49. The Morgan fingerprint density at radius 1 is 1.33 bits per heavy atom. The van der Waals surface area contributed by atoms with Crippen molar-refractivity contribution < 1.29 is 13.3 Å². The molecule has 1 aromatic rings. The maximum Gasteiger partial charge on any atom is 0.310 e. The normalized spacial score (nSPS) is 17.6. The molecular formula is C14H20N2O4S.